The van der Waals surface area contributed by atoms with Crippen LogP contribution in [-0.4, -0.2) is 35.8 Å². The monoisotopic (exact) mass is 417 g/mol. The lowest BCUT2D eigenvalue weighted by atomic mass is 10.0. The summed E-state index contributed by atoms with van der Waals surface area (Å²) in [4.78, 5) is 26.9. The fraction of sp³-hybridized carbons (Fsp3) is 0.320. The van der Waals surface area contributed by atoms with Gasteiger partial charge in [-0.15, -0.1) is 0 Å². The van der Waals surface area contributed by atoms with Crippen molar-refractivity contribution < 1.29 is 14.7 Å². The first-order valence-corrected chi connectivity index (χ1v) is 10.9. The van der Waals surface area contributed by atoms with Crippen molar-refractivity contribution in [2.24, 2.45) is 5.10 Å². The Kier molecular flexibility index (Phi) is 6.16. The minimum atomic E-state index is -1.03. The molecule has 160 valence electrons. The lowest BCUT2D eigenvalue weighted by Gasteiger charge is -2.17. The molecule has 1 saturated heterocycles. The standard InChI is InChI=1S/C25H27N3O3/c1-2-3-9-23-22(16-18-10-12-20(13-11-18)27-14-4-5-15-27)24(29)28(26-23)21-8-6-7-19(17-21)25(30)31/h6-8,10-13,16-17H,2-5,9,14-15H2,1H3,(H,30,31)/b22-16-. The minimum absolute atomic E-state index is 0.130. The maximum absolute atomic E-state index is 13.2. The number of carboxylic acid groups (broad SMARTS) is 1. The lowest BCUT2D eigenvalue weighted by molar-refractivity contribution is -0.114. The van der Waals surface area contributed by atoms with Crippen molar-refractivity contribution in [1.82, 2.24) is 0 Å². The molecule has 2 aliphatic rings. The van der Waals surface area contributed by atoms with Crippen molar-refractivity contribution in [3.63, 3.8) is 0 Å². The van der Waals surface area contributed by atoms with Crippen molar-refractivity contribution in [2.75, 3.05) is 23.0 Å². The number of amides is 1. The van der Waals surface area contributed by atoms with E-state index in [1.165, 1.54) is 35.7 Å². The van der Waals surface area contributed by atoms with Crippen molar-refractivity contribution >= 4 is 35.0 Å². The Hall–Kier alpha value is -3.41. The SMILES string of the molecule is CCCCC1=NN(c2cccc(C(=O)O)c2)C(=O)/C1=C\c1ccc(N2CCCC2)cc1. The minimum Gasteiger partial charge on any atom is -0.478 e. The third-order valence-electron chi connectivity index (χ3n) is 5.73. The molecular weight excluding hydrogens is 390 g/mol. The molecule has 1 N–H and O–H groups in total. The van der Waals surface area contributed by atoms with Crippen LogP contribution < -0.4 is 9.91 Å². The molecule has 0 aliphatic carbocycles. The largest absolute Gasteiger partial charge is 0.478 e. The molecular formula is C25H27N3O3. The molecule has 1 fully saturated rings. The second-order valence-corrected chi connectivity index (χ2v) is 7.97. The van der Waals surface area contributed by atoms with Gasteiger partial charge in [0.15, 0.2) is 0 Å². The third kappa shape index (κ3) is 4.53. The van der Waals surface area contributed by atoms with E-state index in [0.29, 0.717) is 17.7 Å². The van der Waals surface area contributed by atoms with Gasteiger partial charge in [0.25, 0.3) is 5.91 Å². The fourth-order valence-corrected chi connectivity index (χ4v) is 4.00. The number of nitrogens with zero attached hydrogens (tertiary/aromatic N) is 3. The van der Waals surface area contributed by atoms with Crippen molar-refractivity contribution in [3.8, 4) is 0 Å². The van der Waals surface area contributed by atoms with Crippen LogP contribution in [0.5, 0.6) is 0 Å². The van der Waals surface area contributed by atoms with Crippen LogP contribution in [0.25, 0.3) is 6.08 Å². The Labute approximate surface area is 182 Å². The van der Waals surface area contributed by atoms with Gasteiger partial charge in [0, 0.05) is 18.8 Å². The zero-order chi connectivity index (χ0) is 21.8. The van der Waals surface area contributed by atoms with Crippen LogP contribution in [0.15, 0.2) is 59.2 Å². The molecule has 0 spiro atoms. The average molecular weight is 418 g/mol. The molecule has 2 aliphatic heterocycles. The molecule has 0 radical (unpaired) electrons. The van der Waals surface area contributed by atoms with Gasteiger partial charge < -0.3 is 10.0 Å². The number of carbonyl (C=O) groups is 2. The highest BCUT2D eigenvalue weighted by Crippen LogP contribution is 2.28. The van der Waals surface area contributed by atoms with Crippen molar-refractivity contribution in [2.45, 2.75) is 39.0 Å². The van der Waals surface area contributed by atoms with E-state index in [1.807, 2.05) is 18.2 Å². The van der Waals surface area contributed by atoms with Gasteiger partial charge in [-0.25, -0.2) is 4.79 Å². The summed E-state index contributed by atoms with van der Waals surface area (Å²) >= 11 is 0. The number of anilines is 2. The normalized spacial score (nSPS) is 17.5. The maximum Gasteiger partial charge on any atom is 0.335 e. The maximum atomic E-state index is 13.2. The van der Waals surface area contributed by atoms with E-state index in [4.69, 9.17) is 0 Å². The molecule has 4 rings (SSSR count). The Morgan fingerprint density at radius 1 is 1.10 bits per heavy atom. The first-order chi connectivity index (χ1) is 15.1. The lowest BCUT2D eigenvalue weighted by Crippen LogP contribution is -2.21. The predicted molar refractivity (Wildman–Crippen MR) is 124 cm³/mol. The Morgan fingerprint density at radius 3 is 2.52 bits per heavy atom. The van der Waals surface area contributed by atoms with Crippen LogP contribution in [0, 0.1) is 0 Å². The van der Waals surface area contributed by atoms with E-state index in [9.17, 15) is 14.7 Å². The molecule has 0 unspecified atom stereocenters. The van der Waals surface area contributed by atoms with Crippen LogP contribution in [0.3, 0.4) is 0 Å². The molecule has 2 aromatic carbocycles. The van der Waals surface area contributed by atoms with E-state index in [0.717, 1.165) is 37.2 Å². The van der Waals surface area contributed by atoms with Gasteiger partial charge in [0.1, 0.15) is 0 Å². The number of carbonyl (C=O) groups excluding carboxylic acids is 1. The van der Waals surface area contributed by atoms with E-state index in [2.05, 4.69) is 29.1 Å². The second kappa shape index (κ2) is 9.16. The predicted octanol–water partition coefficient (Wildman–Crippen LogP) is 4.96. The highest BCUT2D eigenvalue weighted by atomic mass is 16.4. The van der Waals surface area contributed by atoms with Crippen LogP contribution >= 0.6 is 0 Å². The summed E-state index contributed by atoms with van der Waals surface area (Å²) in [7, 11) is 0. The Bertz CT molecular complexity index is 1030. The van der Waals surface area contributed by atoms with Gasteiger partial charge in [-0.3, -0.25) is 4.79 Å². The third-order valence-corrected chi connectivity index (χ3v) is 5.73. The first-order valence-electron chi connectivity index (χ1n) is 10.9. The number of carboxylic acids is 1. The smallest absolute Gasteiger partial charge is 0.335 e. The Balaban J connectivity index is 1.63. The molecule has 2 heterocycles. The molecule has 6 nitrogen and oxygen atoms in total. The van der Waals surface area contributed by atoms with Crippen molar-refractivity contribution in [1.29, 1.82) is 0 Å². The Morgan fingerprint density at radius 2 is 1.84 bits per heavy atom. The molecule has 1 amide bonds. The zero-order valence-corrected chi connectivity index (χ0v) is 17.8. The van der Waals surface area contributed by atoms with Crippen LogP contribution in [0.2, 0.25) is 0 Å². The quantitative estimate of drug-likeness (QED) is 0.646. The van der Waals surface area contributed by atoms with Gasteiger partial charge in [-0.1, -0.05) is 31.5 Å². The first kappa shape index (κ1) is 20.8. The topological polar surface area (TPSA) is 73.2 Å². The number of benzene rings is 2. The highest BCUT2D eigenvalue weighted by Gasteiger charge is 2.31. The molecule has 31 heavy (non-hydrogen) atoms. The summed E-state index contributed by atoms with van der Waals surface area (Å²) in [6, 6.07) is 14.6. The molecule has 6 heteroatoms. The summed E-state index contributed by atoms with van der Waals surface area (Å²) in [6.07, 6.45) is 6.99. The fourth-order valence-electron chi connectivity index (χ4n) is 4.00. The number of unbranched alkanes of at least 4 members (excludes halogenated alkanes) is 1. The van der Waals surface area contributed by atoms with Gasteiger partial charge in [-0.2, -0.15) is 10.1 Å². The highest BCUT2D eigenvalue weighted by molar-refractivity contribution is 6.32. The number of rotatable bonds is 7. The van der Waals surface area contributed by atoms with Gasteiger partial charge >= 0.3 is 5.97 Å². The van der Waals surface area contributed by atoms with E-state index in [1.54, 1.807) is 12.1 Å². The number of aromatic carboxylic acids is 1. The van der Waals surface area contributed by atoms with Crippen LogP contribution in [0.4, 0.5) is 11.4 Å². The van der Waals surface area contributed by atoms with Gasteiger partial charge in [0.2, 0.25) is 0 Å². The van der Waals surface area contributed by atoms with Gasteiger partial charge in [0.05, 0.1) is 22.5 Å². The van der Waals surface area contributed by atoms with E-state index < -0.39 is 5.97 Å². The molecule has 0 aromatic heterocycles. The molecule has 0 bridgehead atoms. The van der Waals surface area contributed by atoms with E-state index in [-0.39, 0.29) is 11.5 Å². The van der Waals surface area contributed by atoms with Crippen molar-refractivity contribution in [3.05, 3.63) is 65.2 Å². The molecule has 0 atom stereocenters. The van der Waals surface area contributed by atoms with Gasteiger partial charge in [-0.05, 0) is 67.7 Å². The summed E-state index contributed by atoms with van der Waals surface area (Å²) in [5, 5.41) is 15.2. The zero-order valence-electron chi connectivity index (χ0n) is 17.8. The summed E-state index contributed by atoms with van der Waals surface area (Å²) in [6.45, 7) is 4.29. The number of hydrazone groups is 1. The van der Waals surface area contributed by atoms with Crippen LogP contribution in [-0.2, 0) is 4.79 Å². The van der Waals surface area contributed by atoms with E-state index >= 15 is 0 Å². The summed E-state index contributed by atoms with van der Waals surface area (Å²) in [5.74, 6) is -1.25. The summed E-state index contributed by atoms with van der Waals surface area (Å²) < 4.78 is 0. The summed E-state index contributed by atoms with van der Waals surface area (Å²) in [5.41, 5.74) is 4.08. The molecule has 2 aromatic rings. The van der Waals surface area contributed by atoms with Crippen LogP contribution in [0.1, 0.15) is 54.9 Å². The number of hydrogen-bond donors (Lipinski definition) is 1. The number of hydrogen-bond acceptors (Lipinski definition) is 4. The molecule has 0 saturated carbocycles. The second-order valence-electron chi connectivity index (χ2n) is 7.97. The average Bonchev–Trinajstić information content (AvgIpc) is 3.42.